The highest BCUT2D eigenvalue weighted by Gasteiger charge is 2.19. The van der Waals surface area contributed by atoms with Gasteiger partial charge in [0.1, 0.15) is 5.82 Å². The normalized spacial score (nSPS) is 11.6. The number of hydrogen-bond acceptors (Lipinski definition) is 1. The van der Waals surface area contributed by atoms with Gasteiger partial charge in [-0.3, -0.25) is 4.57 Å². The van der Waals surface area contributed by atoms with Crippen molar-refractivity contribution in [2.24, 2.45) is 0 Å². The number of nitrogens with zero attached hydrogens (tertiary/aromatic N) is 3. The maximum absolute atomic E-state index is 5.10. The fraction of sp³-hybridized carbons (Fsp3) is 0.0741. The number of aryl methyl sites for hydroxylation is 1. The molecule has 3 nitrogen and oxygen atoms in total. The molecule has 2 aromatic heterocycles. The third-order valence-electron chi connectivity index (χ3n) is 5.92. The Morgan fingerprint density at radius 1 is 0.667 bits per heavy atom. The molecule has 0 aliphatic heterocycles. The van der Waals surface area contributed by atoms with Gasteiger partial charge in [-0.1, -0.05) is 60.7 Å². The van der Waals surface area contributed by atoms with Crippen molar-refractivity contribution in [2.45, 2.75) is 13.5 Å². The summed E-state index contributed by atoms with van der Waals surface area (Å²) in [6, 6.07) is 34.1. The maximum Gasteiger partial charge on any atom is 0.147 e. The number of rotatable bonds is 3. The highest BCUT2D eigenvalue weighted by Crippen LogP contribution is 2.37. The molecule has 144 valence electrons. The zero-order valence-electron chi connectivity index (χ0n) is 16.8. The Morgan fingerprint density at radius 3 is 2.20 bits per heavy atom. The van der Waals surface area contributed by atoms with Gasteiger partial charge in [0.25, 0.3) is 0 Å². The second-order valence-electron chi connectivity index (χ2n) is 7.56. The molecular formula is C27H21N3. The number of fused-ring (bicyclic) bond motifs is 4. The van der Waals surface area contributed by atoms with Gasteiger partial charge in [-0.05, 0) is 43.3 Å². The standard InChI is InChI=1S/C27H21N3/c1-2-29-24-17-8-6-13-20(24)21-14-10-15-22(26(21)29)27-28-23-16-7-9-18-25(23)30(27)19-11-4-3-5-12-19/h3-18H,2H2,1H3. The zero-order valence-corrected chi connectivity index (χ0v) is 16.8. The van der Waals surface area contributed by atoms with Gasteiger partial charge in [-0.15, -0.1) is 0 Å². The van der Waals surface area contributed by atoms with Crippen LogP contribution in [0.2, 0.25) is 0 Å². The summed E-state index contributed by atoms with van der Waals surface area (Å²) < 4.78 is 4.69. The molecule has 0 saturated carbocycles. The predicted molar refractivity (Wildman–Crippen MR) is 125 cm³/mol. The Hall–Kier alpha value is -3.85. The molecule has 30 heavy (non-hydrogen) atoms. The first-order valence-corrected chi connectivity index (χ1v) is 10.4. The Labute approximate surface area is 174 Å². The third-order valence-corrected chi connectivity index (χ3v) is 5.92. The molecule has 0 unspecified atom stereocenters. The SMILES string of the molecule is CCn1c2ccccc2c2cccc(-c3nc4ccccc4n3-c3ccccc3)c21. The molecule has 6 aromatic rings. The van der Waals surface area contributed by atoms with E-state index in [1.54, 1.807) is 0 Å². The molecular weight excluding hydrogens is 366 g/mol. The van der Waals surface area contributed by atoms with Crippen molar-refractivity contribution in [3.8, 4) is 17.1 Å². The van der Waals surface area contributed by atoms with Gasteiger partial charge in [0, 0.05) is 34.1 Å². The fourth-order valence-electron chi connectivity index (χ4n) is 4.66. The average molecular weight is 387 g/mol. The first-order chi connectivity index (χ1) is 14.9. The number of imidazole rings is 1. The lowest BCUT2D eigenvalue weighted by Gasteiger charge is -2.12. The first kappa shape index (κ1) is 17.0. The first-order valence-electron chi connectivity index (χ1n) is 10.4. The van der Waals surface area contributed by atoms with Crippen LogP contribution in [0.4, 0.5) is 0 Å². The van der Waals surface area contributed by atoms with E-state index in [0.29, 0.717) is 0 Å². The van der Waals surface area contributed by atoms with Crippen LogP contribution in [0.25, 0.3) is 49.9 Å². The van der Waals surface area contributed by atoms with Crippen LogP contribution in [0.1, 0.15) is 6.92 Å². The molecule has 0 aliphatic rings. The van der Waals surface area contributed by atoms with Gasteiger partial charge in [0.2, 0.25) is 0 Å². The second-order valence-corrected chi connectivity index (χ2v) is 7.56. The minimum atomic E-state index is 0.909. The number of para-hydroxylation sites is 5. The Kier molecular flexibility index (Phi) is 3.75. The van der Waals surface area contributed by atoms with Gasteiger partial charge in [-0.25, -0.2) is 4.98 Å². The third kappa shape index (κ3) is 2.35. The molecule has 2 heterocycles. The lowest BCUT2D eigenvalue weighted by atomic mass is 10.1. The largest absolute Gasteiger partial charge is 0.340 e. The van der Waals surface area contributed by atoms with Crippen molar-refractivity contribution in [1.82, 2.24) is 14.1 Å². The minimum Gasteiger partial charge on any atom is -0.340 e. The molecule has 0 saturated heterocycles. The van der Waals surface area contributed by atoms with Crippen LogP contribution in [0.15, 0.2) is 97.1 Å². The number of hydrogen-bond donors (Lipinski definition) is 0. The van der Waals surface area contributed by atoms with E-state index in [1.165, 1.54) is 21.8 Å². The molecule has 4 aromatic carbocycles. The fourth-order valence-corrected chi connectivity index (χ4v) is 4.66. The molecule has 0 bridgehead atoms. The summed E-state index contributed by atoms with van der Waals surface area (Å²) in [6.07, 6.45) is 0. The topological polar surface area (TPSA) is 22.8 Å². The Balaban J connectivity index is 1.78. The summed E-state index contributed by atoms with van der Waals surface area (Å²) in [5.74, 6) is 0.977. The molecule has 0 radical (unpaired) electrons. The summed E-state index contributed by atoms with van der Waals surface area (Å²) >= 11 is 0. The van der Waals surface area contributed by atoms with Crippen LogP contribution in [0.5, 0.6) is 0 Å². The van der Waals surface area contributed by atoms with E-state index in [-0.39, 0.29) is 0 Å². The summed E-state index contributed by atoms with van der Waals surface area (Å²) in [7, 11) is 0. The smallest absolute Gasteiger partial charge is 0.147 e. The van der Waals surface area contributed by atoms with Gasteiger partial charge >= 0.3 is 0 Å². The van der Waals surface area contributed by atoms with Crippen molar-refractivity contribution < 1.29 is 0 Å². The number of benzene rings is 4. The van der Waals surface area contributed by atoms with Crippen molar-refractivity contribution in [1.29, 1.82) is 0 Å². The van der Waals surface area contributed by atoms with E-state index in [2.05, 4.69) is 113 Å². The molecule has 0 spiro atoms. The molecule has 0 aliphatic carbocycles. The maximum atomic E-state index is 5.10. The highest BCUT2D eigenvalue weighted by molar-refractivity contribution is 6.12. The van der Waals surface area contributed by atoms with E-state index in [4.69, 9.17) is 4.98 Å². The van der Waals surface area contributed by atoms with Gasteiger partial charge < -0.3 is 4.57 Å². The summed E-state index contributed by atoms with van der Waals surface area (Å²) in [5, 5.41) is 2.56. The number of aromatic nitrogens is 3. The van der Waals surface area contributed by atoms with E-state index in [1.807, 2.05) is 0 Å². The molecule has 0 fully saturated rings. The van der Waals surface area contributed by atoms with Gasteiger partial charge in [0.05, 0.1) is 16.6 Å². The predicted octanol–water partition coefficient (Wildman–Crippen LogP) is 6.82. The minimum absolute atomic E-state index is 0.909. The molecule has 0 amide bonds. The quantitative estimate of drug-likeness (QED) is 0.327. The van der Waals surface area contributed by atoms with Crippen molar-refractivity contribution in [3.05, 3.63) is 97.1 Å². The van der Waals surface area contributed by atoms with Crippen molar-refractivity contribution in [3.63, 3.8) is 0 Å². The van der Waals surface area contributed by atoms with Crippen LogP contribution in [0, 0.1) is 0 Å². The van der Waals surface area contributed by atoms with Gasteiger partial charge in [0.15, 0.2) is 0 Å². The Morgan fingerprint density at radius 2 is 1.37 bits per heavy atom. The second kappa shape index (κ2) is 6.60. The van der Waals surface area contributed by atoms with Crippen LogP contribution in [-0.4, -0.2) is 14.1 Å². The monoisotopic (exact) mass is 387 g/mol. The summed E-state index contributed by atoms with van der Waals surface area (Å²) in [5.41, 5.74) is 6.92. The Bertz CT molecular complexity index is 1520. The molecule has 0 atom stereocenters. The lowest BCUT2D eigenvalue weighted by molar-refractivity contribution is 0.827. The average Bonchev–Trinajstić information content (AvgIpc) is 3.35. The summed E-state index contributed by atoms with van der Waals surface area (Å²) in [4.78, 5) is 5.10. The van der Waals surface area contributed by atoms with Gasteiger partial charge in [-0.2, -0.15) is 0 Å². The molecule has 6 rings (SSSR count). The van der Waals surface area contributed by atoms with E-state index < -0.39 is 0 Å². The van der Waals surface area contributed by atoms with Crippen LogP contribution in [-0.2, 0) is 6.54 Å². The molecule has 3 heteroatoms. The van der Waals surface area contributed by atoms with Crippen molar-refractivity contribution in [2.75, 3.05) is 0 Å². The van der Waals surface area contributed by atoms with E-state index in [0.717, 1.165) is 34.7 Å². The van der Waals surface area contributed by atoms with E-state index in [9.17, 15) is 0 Å². The van der Waals surface area contributed by atoms with Crippen LogP contribution < -0.4 is 0 Å². The van der Waals surface area contributed by atoms with Crippen LogP contribution >= 0.6 is 0 Å². The zero-order chi connectivity index (χ0) is 20.1. The lowest BCUT2D eigenvalue weighted by Crippen LogP contribution is -2.00. The van der Waals surface area contributed by atoms with Crippen LogP contribution in [0.3, 0.4) is 0 Å². The van der Waals surface area contributed by atoms with Crippen molar-refractivity contribution >= 4 is 32.8 Å². The summed E-state index contributed by atoms with van der Waals surface area (Å²) in [6.45, 7) is 3.12. The highest BCUT2D eigenvalue weighted by atomic mass is 15.1. The van der Waals surface area contributed by atoms with E-state index >= 15 is 0 Å². The molecule has 0 N–H and O–H groups in total.